The topological polar surface area (TPSA) is 54.9 Å². The summed E-state index contributed by atoms with van der Waals surface area (Å²) in [5.74, 6) is -0.110. The lowest BCUT2D eigenvalue weighted by Gasteiger charge is -2.04. The maximum absolute atomic E-state index is 11.8. The zero-order valence-electron chi connectivity index (χ0n) is 9.55. The van der Waals surface area contributed by atoms with Crippen LogP contribution in [-0.2, 0) is 6.54 Å². The van der Waals surface area contributed by atoms with Crippen LogP contribution < -0.4 is 5.32 Å². The van der Waals surface area contributed by atoms with E-state index in [2.05, 4.69) is 15.3 Å². The molecule has 4 heteroatoms. The predicted molar refractivity (Wildman–Crippen MR) is 64.4 cm³/mol. The molecule has 4 nitrogen and oxygen atoms in total. The lowest BCUT2D eigenvalue weighted by Crippen LogP contribution is -2.23. The number of pyridine rings is 2. The molecule has 1 amide bonds. The van der Waals surface area contributed by atoms with Gasteiger partial charge in [0.15, 0.2) is 0 Å². The van der Waals surface area contributed by atoms with Gasteiger partial charge in [-0.3, -0.25) is 14.8 Å². The molecular weight excluding hydrogens is 214 g/mol. The SMILES string of the molecule is Cc1cc(C(=O)NCc2ccccn2)ccn1. The molecule has 1 N–H and O–H groups in total. The fourth-order valence-electron chi connectivity index (χ4n) is 1.46. The Labute approximate surface area is 99.7 Å². The van der Waals surface area contributed by atoms with Crippen molar-refractivity contribution >= 4 is 5.91 Å². The Kier molecular flexibility index (Phi) is 3.45. The third-order valence-corrected chi connectivity index (χ3v) is 2.32. The Hall–Kier alpha value is -2.23. The highest BCUT2D eigenvalue weighted by Crippen LogP contribution is 2.01. The molecule has 0 saturated heterocycles. The zero-order valence-corrected chi connectivity index (χ0v) is 9.55. The van der Waals surface area contributed by atoms with Crippen LogP contribution >= 0.6 is 0 Å². The van der Waals surface area contributed by atoms with Gasteiger partial charge in [0.25, 0.3) is 5.91 Å². The summed E-state index contributed by atoms with van der Waals surface area (Å²) < 4.78 is 0. The van der Waals surface area contributed by atoms with Crippen LogP contribution in [0, 0.1) is 6.92 Å². The molecule has 0 radical (unpaired) electrons. The van der Waals surface area contributed by atoms with Crippen molar-refractivity contribution < 1.29 is 4.79 Å². The van der Waals surface area contributed by atoms with E-state index >= 15 is 0 Å². The van der Waals surface area contributed by atoms with E-state index in [1.165, 1.54) is 0 Å². The second-order valence-corrected chi connectivity index (χ2v) is 3.69. The van der Waals surface area contributed by atoms with Crippen molar-refractivity contribution in [1.29, 1.82) is 0 Å². The molecule has 0 spiro atoms. The number of hydrogen-bond acceptors (Lipinski definition) is 3. The van der Waals surface area contributed by atoms with E-state index in [0.29, 0.717) is 12.1 Å². The number of carbonyl (C=O) groups is 1. The number of nitrogens with zero attached hydrogens (tertiary/aromatic N) is 2. The van der Waals surface area contributed by atoms with Crippen LogP contribution in [0.2, 0.25) is 0 Å². The monoisotopic (exact) mass is 227 g/mol. The van der Waals surface area contributed by atoms with E-state index in [1.54, 1.807) is 24.5 Å². The van der Waals surface area contributed by atoms with E-state index in [9.17, 15) is 4.79 Å². The summed E-state index contributed by atoms with van der Waals surface area (Å²) in [5.41, 5.74) is 2.29. The Morgan fingerprint density at radius 3 is 2.82 bits per heavy atom. The first-order valence-corrected chi connectivity index (χ1v) is 5.36. The van der Waals surface area contributed by atoms with Crippen molar-refractivity contribution in [3.8, 4) is 0 Å². The Morgan fingerprint density at radius 1 is 1.24 bits per heavy atom. The van der Waals surface area contributed by atoms with Crippen LogP contribution in [0.3, 0.4) is 0 Å². The summed E-state index contributed by atoms with van der Waals surface area (Å²) >= 11 is 0. The number of aromatic nitrogens is 2. The molecule has 2 aromatic rings. The Morgan fingerprint density at radius 2 is 2.12 bits per heavy atom. The first-order valence-electron chi connectivity index (χ1n) is 5.36. The molecule has 2 rings (SSSR count). The van der Waals surface area contributed by atoms with Gasteiger partial charge in [0.05, 0.1) is 12.2 Å². The van der Waals surface area contributed by atoms with Gasteiger partial charge in [-0.1, -0.05) is 6.07 Å². The molecule has 0 saturated carbocycles. The molecule has 0 bridgehead atoms. The van der Waals surface area contributed by atoms with Crippen LogP contribution in [0.25, 0.3) is 0 Å². The summed E-state index contributed by atoms with van der Waals surface area (Å²) in [7, 11) is 0. The summed E-state index contributed by atoms with van der Waals surface area (Å²) in [4.78, 5) is 20.0. The van der Waals surface area contributed by atoms with Crippen molar-refractivity contribution in [2.24, 2.45) is 0 Å². The number of carbonyl (C=O) groups excluding carboxylic acids is 1. The molecule has 2 heterocycles. The van der Waals surface area contributed by atoms with Crippen molar-refractivity contribution in [3.05, 3.63) is 59.7 Å². The number of nitrogens with one attached hydrogen (secondary N) is 1. The Balaban J connectivity index is 1.98. The average Bonchev–Trinajstić information content (AvgIpc) is 2.37. The lowest BCUT2D eigenvalue weighted by atomic mass is 10.2. The smallest absolute Gasteiger partial charge is 0.251 e. The fourth-order valence-corrected chi connectivity index (χ4v) is 1.46. The fraction of sp³-hybridized carbons (Fsp3) is 0.154. The molecule has 0 aliphatic carbocycles. The highest BCUT2D eigenvalue weighted by Gasteiger charge is 2.05. The van der Waals surface area contributed by atoms with Gasteiger partial charge in [0, 0.05) is 23.7 Å². The van der Waals surface area contributed by atoms with Crippen molar-refractivity contribution in [3.63, 3.8) is 0 Å². The normalized spacial score (nSPS) is 9.94. The first kappa shape index (κ1) is 11.3. The molecular formula is C13H13N3O. The molecule has 86 valence electrons. The summed E-state index contributed by atoms with van der Waals surface area (Å²) in [6, 6.07) is 9.06. The van der Waals surface area contributed by atoms with Gasteiger partial charge in [-0.15, -0.1) is 0 Å². The van der Waals surface area contributed by atoms with E-state index in [0.717, 1.165) is 11.4 Å². The minimum atomic E-state index is -0.110. The second-order valence-electron chi connectivity index (χ2n) is 3.69. The van der Waals surface area contributed by atoms with Crippen LogP contribution in [0.15, 0.2) is 42.7 Å². The number of aryl methyl sites for hydroxylation is 1. The van der Waals surface area contributed by atoms with Gasteiger partial charge in [0.2, 0.25) is 0 Å². The third-order valence-electron chi connectivity index (χ3n) is 2.32. The molecule has 0 fully saturated rings. The summed E-state index contributed by atoms with van der Waals surface area (Å²) in [6.07, 6.45) is 3.34. The van der Waals surface area contributed by atoms with E-state index in [1.807, 2.05) is 25.1 Å². The third kappa shape index (κ3) is 3.11. The molecule has 0 aliphatic heterocycles. The molecule has 0 unspecified atom stereocenters. The lowest BCUT2D eigenvalue weighted by molar-refractivity contribution is 0.0950. The van der Waals surface area contributed by atoms with Gasteiger partial charge >= 0.3 is 0 Å². The molecule has 2 aromatic heterocycles. The van der Waals surface area contributed by atoms with Crippen LogP contribution in [0.4, 0.5) is 0 Å². The quantitative estimate of drug-likeness (QED) is 0.868. The van der Waals surface area contributed by atoms with Gasteiger partial charge in [-0.05, 0) is 31.2 Å². The van der Waals surface area contributed by atoms with Crippen LogP contribution in [-0.4, -0.2) is 15.9 Å². The standard InChI is InChI=1S/C13H13N3O/c1-10-8-11(5-7-14-10)13(17)16-9-12-4-2-3-6-15-12/h2-8H,9H2,1H3,(H,16,17). The number of rotatable bonds is 3. The van der Waals surface area contributed by atoms with Crippen molar-refractivity contribution in [1.82, 2.24) is 15.3 Å². The minimum Gasteiger partial charge on any atom is -0.346 e. The number of hydrogen-bond donors (Lipinski definition) is 1. The van der Waals surface area contributed by atoms with Gasteiger partial charge in [-0.2, -0.15) is 0 Å². The average molecular weight is 227 g/mol. The van der Waals surface area contributed by atoms with Crippen molar-refractivity contribution in [2.75, 3.05) is 0 Å². The minimum absolute atomic E-state index is 0.110. The van der Waals surface area contributed by atoms with Crippen molar-refractivity contribution in [2.45, 2.75) is 13.5 Å². The van der Waals surface area contributed by atoms with E-state index < -0.39 is 0 Å². The predicted octanol–water partition coefficient (Wildman–Crippen LogP) is 1.72. The van der Waals surface area contributed by atoms with Gasteiger partial charge < -0.3 is 5.32 Å². The van der Waals surface area contributed by atoms with Gasteiger partial charge in [-0.25, -0.2) is 0 Å². The first-order chi connectivity index (χ1) is 8.25. The molecule has 0 aliphatic rings. The largest absolute Gasteiger partial charge is 0.346 e. The van der Waals surface area contributed by atoms with E-state index in [4.69, 9.17) is 0 Å². The number of amides is 1. The highest BCUT2D eigenvalue weighted by molar-refractivity contribution is 5.94. The van der Waals surface area contributed by atoms with E-state index in [-0.39, 0.29) is 5.91 Å². The zero-order chi connectivity index (χ0) is 12.1. The van der Waals surface area contributed by atoms with Crippen LogP contribution in [0.5, 0.6) is 0 Å². The summed E-state index contributed by atoms with van der Waals surface area (Å²) in [6.45, 7) is 2.29. The molecule has 0 aromatic carbocycles. The maximum Gasteiger partial charge on any atom is 0.251 e. The maximum atomic E-state index is 11.8. The van der Waals surface area contributed by atoms with Gasteiger partial charge in [0.1, 0.15) is 0 Å². The summed E-state index contributed by atoms with van der Waals surface area (Å²) in [5, 5.41) is 2.81. The Bertz CT molecular complexity index is 511. The molecule has 0 atom stereocenters. The highest BCUT2D eigenvalue weighted by atomic mass is 16.1. The molecule has 17 heavy (non-hydrogen) atoms. The van der Waals surface area contributed by atoms with Crippen LogP contribution in [0.1, 0.15) is 21.7 Å². The second kappa shape index (κ2) is 5.21.